The lowest BCUT2D eigenvalue weighted by Gasteiger charge is -2.44. The molecular formula is C21H29FN10O4. The summed E-state index contributed by atoms with van der Waals surface area (Å²) in [6, 6.07) is 6.11. The number of benzene rings is 1. The molecule has 2 fully saturated rings. The van der Waals surface area contributed by atoms with Crippen LogP contribution in [0, 0.1) is 0 Å². The van der Waals surface area contributed by atoms with Crippen molar-refractivity contribution in [1.82, 2.24) is 4.90 Å². The van der Waals surface area contributed by atoms with Gasteiger partial charge >= 0.3 is 0 Å². The van der Waals surface area contributed by atoms with Crippen LogP contribution in [0.1, 0.15) is 24.8 Å². The normalized spacial score (nSPS) is 33.0. The fourth-order valence-corrected chi connectivity index (χ4v) is 4.73. The van der Waals surface area contributed by atoms with E-state index in [1.54, 1.807) is 7.05 Å². The first-order valence-electron chi connectivity index (χ1n) is 11.5. The molecule has 0 bridgehead atoms. The highest BCUT2D eigenvalue weighted by atomic mass is 19.1. The molecule has 14 nitrogen and oxygen atoms in total. The molecule has 1 aromatic carbocycles. The van der Waals surface area contributed by atoms with E-state index in [2.05, 4.69) is 30.1 Å². The molecule has 2 aliphatic rings. The topological polar surface area (TPSA) is 208 Å². The van der Waals surface area contributed by atoms with Crippen LogP contribution in [0.5, 0.6) is 0 Å². The van der Waals surface area contributed by atoms with Crippen molar-refractivity contribution >= 4 is 0 Å². The van der Waals surface area contributed by atoms with E-state index in [4.69, 9.17) is 26.1 Å². The standard InChI is InChI=1S/C21H29FN10O4/c1-32(11-12-5-3-2-4-6-12)16(10-22)17-8-7-13(26-29-23)21(35-17)36-20-15(28-31-25)9-14(27-30-24)18(33)19(20)34/h2-6,13-21,33-34H,7-11H2,1H3/t13-,14-,15+,16?,17+,18+,19-,20-,21-/m1/s1. The number of alkyl halides is 1. The molecule has 0 aromatic heterocycles. The summed E-state index contributed by atoms with van der Waals surface area (Å²) in [6.07, 6.45) is -5.49. The summed E-state index contributed by atoms with van der Waals surface area (Å²) in [5.41, 5.74) is 27.7. The third-order valence-electron chi connectivity index (χ3n) is 6.63. The maximum Gasteiger partial charge on any atom is 0.167 e. The number of ether oxygens (including phenoxy) is 2. The van der Waals surface area contributed by atoms with Crippen LogP contribution in [0.25, 0.3) is 31.3 Å². The van der Waals surface area contributed by atoms with Crippen LogP contribution in [0.2, 0.25) is 0 Å². The summed E-state index contributed by atoms with van der Waals surface area (Å²) in [4.78, 5) is 10.1. The summed E-state index contributed by atoms with van der Waals surface area (Å²) >= 11 is 0. The minimum atomic E-state index is -1.59. The molecule has 1 aliphatic heterocycles. The van der Waals surface area contributed by atoms with Gasteiger partial charge in [-0.15, -0.1) is 0 Å². The molecule has 9 atom stereocenters. The minimum absolute atomic E-state index is 0.0771. The molecule has 1 saturated carbocycles. The Balaban J connectivity index is 1.79. The highest BCUT2D eigenvalue weighted by Gasteiger charge is 2.47. The van der Waals surface area contributed by atoms with Crippen LogP contribution in [-0.4, -0.2) is 83.7 Å². The molecule has 0 spiro atoms. The Kier molecular flexibility index (Phi) is 10.1. The average molecular weight is 505 g/mol. The van der Waals surface area contributed by atoms with E-state index >= 15 is 0 Å². The lowest BCUT2D eigenvalue weighted by Crippen LogP contribution is -2.58. The first-order chi connectivity index (χ1) is 17.4. The van der Waals surface area contributed by atoms with E-state index in [0.717, 1.165) is 5.56 Å². The van der Waals surface area contributed by atoms with Crippen LogP contribution in [0.3, 0.4) is 0 Å². The summed E-state index contributed by atoms with van der Waals surface area (Å²) in [7, 11) is 1.78. The number of hydrogen-bond acceptors (Lipinski definition) is 8. The Bertz CT molecular complexity index is 1000. The van der Waals surface area contributed by atoms with Crippen molar-refractivity contribution in [1.29, 1.82) is 0 Å². The van der Waals surface area contributed by atoms with Gasteiger partial charge in [-0.2, -0.15) is 0 Å². The summed E-state index contributed by atoms with van der Waals surface area (Å²) in [6.45, 7) is -0.221. The maximum absolute atomic E-state index is 14.2. The molecule has 15 heteroatoms. The number of aliphatic hydroxyl groups excluding tert-OH is 2. The SMILES string of the molecule is CN(Cc1ccccc1)C(CF)[C@@H]1CC[C@@H](N=[N+]=[N-])[C@@H](O[C@H]2[C@H](O)[C@@H](O)[C@H](N=[N+]=[N-])C[C@@H]2N=[N+]=[N-])O1. The van der Waals surface area contributed by atoms with Crippen LogP contribution in [0.4, 0.5) is 4.39 Å². The second kappa shape index (κ2) is 13.3. The number of halogens is 1. The first kappa shape index (κ1) is 27.5. The Morgan fingerprint density at radius 1 is 1.03 bits per heavy atom. The van der Waals surface area contributed by atoms with Crippen LogP contribution < -0.4 is 0 Å². The van der Waals surface area contributed by atoms with Gasteiger partial charge in [0, 0.05) is 21.3 Å². The number of nitrogens with zero attached hydrogens (tertiary/aromatic N) is 10. The van der Waals surface area contributed by atoms with Gasteiger partial charge in [-0.3, -0.25) is 4.90 Å². The number of likely N-dealkylation sites (N-methyl/N-ethyl adjacent to an activating group) is 1. The Morgan fingerprint density at radius 2 is 1.67 bits per heavy atom. The van der Waals surface area contributed by atoms with Crippen molar-refractivity contribution < 1.29 is 24.1 Å². The smallest absolute Gasteiger partial charge is 0.167 e. The highest BCUT2D eigenvalue weighted by Crippen LogP contribution is 2.33. The fraction of sp³-hybridized carbons (Fsp3) is 0.714. The molecular weight excluding hydrogens is 475 g/mol. The summed E-state index contributed by atoms with van der Waals surface area (Å²) < 4.78 is 26.2. The number of azide groups is 3. The van der Waals surface area contributed by atoms with E-state index in [0.29, 0.717) is 19.4 Å². The molecule has 1 saturated heterocycles. The van der Waals surface area contributed by atoms with Gasteiger partial charge in [-0.25, -0.2) is 4.39 Å². The van der Waals surface area contributed by atoms with Crippen molar-refractivity contribution in [2.75, 3.05) is 13.7 Å². The molecule has 1 unspecified atom stereocenters. The zero-order chi connectivity index (χ0) is 26.1. The van der Waals surface area contributed by atoms with Gasteiger partial charge in [0.05, 0.1) is 42.5 Å². The second-order valence-electron chi connectivity index (χ2n) is 8.88. The highest BCUT2D eigenvalue weighted by molar-refractivity contribution is 5.14. The van der Waals surface area contributed by atoms with Gasteiger partial charge in [0.2, 0.25) is 0 Å². The van der Waals surface area contributed by atoms with Crippen molar-refractivity contribution in [3.63, 3.8) is 0 Å². The summed E-state index contributed by atoms with van der Waals surface area (Å²) in [5.74, 6) is 0. The van der Waals surface area contributed by atoms with E-state index in [1.165, 1.54) is 0 Å². The zero-order valence-electron chi connectivity index (χ0n) is 19.7. The van der Waals surface area contributed by atoms with Crippen molar-refractivity contribution in [3.8, 4) is 0 Å². The Labute approximate surface area is 206 Å². The number of rotatable bonds is 10. The quantitative estimate of drug-likeness (QED) is 0.277. The lowest BCUT2D eigenvalue weighted by molar-refractivity contribution is -0.260. The molecule has 0 amide bonds. The molecule has 0 radical (unpaired) electrons. The van der Waals surface area contributed by atoms with E-state index in [9.17, 15) is 14.6 Å². The average Bonchev–Trinajstić information content (AvgIpc) is 2.87. The van der Waals surface area contributed by atoms with Crippen molar-refractivity contribution in [2.45, 2.75) is 80.7 Å². The predicted octanol–water partition coefficient (Wildman–Crippen LogP) is 3.51. The number of aliphatic hydroxyl groups is 2. The molecule has 1 heterocycles. The molecule has 1 aliphatic carbocycles. The van der Waals surface area contributed by atoms with Gasteiger partial charge in [0.1, 0.15) is 12.8 Å². The van der Waals surface area contributed by atoms with Gasteiger partial charge in [-0.1, -0.05) is 45.7 Å². The zero-order valence-corrected chi connectivity index (χ0v) is 19.7. The largest absolute Gasteiger partial charge is 0.390 e. The van der Waals surface area contributed by atoms with Crippen LogP contribution >= 0.6 is 0 Å². The third-order valence-corrected chi connectivity index (χ3v) is 6.63. The monoisotopic (exact) mass is 504 g/mol. The lowest BCUT2D eigenvalue weighted by atomic mass is 9.84. The van der Waals surface area contributed by atoms with Crippen LogP contribution in [0.15, 0.2) is 45.7 Å². The van der Waals surface area contributed by atoms with Gasteiger partial charge in [-0.05, 0) is 48.5 Å². The number of hydrogen-bond donors (Lipinski definition) is 2. The molecule has 3 rings (SSSR count). The van der Waals surface area contributed by atoms with Crippen molar-refractivity contribution in [2.24, 2.45) is 15.3 Å². The third kappa shape index (κ3) is 6.55. The van der Waals surface area contributed by atoms with Gasteiger partial charge < -0.3 is 19.7 Å². The maximum atomic E-state index is 14.2. The van der Waals surface area contributed by atoms with E-state index in [1.807, 2.05) is 35.2 Å². The van der Waals surface area contributed by atoms with Gasteiger partial charge in [0.25, 0.3) is 0 Å². The second-order valence-corrected chi connectivity index (χ2v) is 8.88. The minimum Gasteiger partial charge on any atom is -0.390 e. The van der Waals surface area contributed by atoms with Crippen molar-refractivity contribution in [3.05, 3.63) is 67.2 Å². The molecule has 36 heavy (non-hydrogen) atoms. The predicted molar refractivity (Wildman–Crippen MR) is 126 cm³/mol. The van der Waals surface area contributed by atoms with E-state index in [-0.39, 0.29) is 6.42 Å². The van der Waals surface area contributed by atoms with Crippen LogP contribution in [-0.2, 0) is 16.0 Å². The molecule has 1 aromatic rings. The van der Waals surface area contributed by atoms with Gasteiger partial charge in [0.15, 0.2) is 6.29 Å². The summed E-state index contributed by atoms with van der Waals surface area (Å²) in [5, 5.41) is 31.9. The Morgan fingerprint density at radius 3 is 2.31 bits per heavy atom. The molecule has 194 valence electrons. The first-order valence-corrected chi connectivity index (χ1v) is 11.5. The fourth-order valence-electron chi connectivity index (χ4n) is 4.73. The molecule has 2 N–H and O–H groups in total. The Hall–Kier alpha value is -3.12. The van der Waals surface area contributed by atoms with E-state index < -0.39 is 61.5 Å².